The summed E-state index contributed by atoms with van der Waals surface area (Å²) in [7, 11) is 4.00. The van der Waals surface area contributed by atoms with Gasteiger partial charge in [-0.15, -0.1) is 0 Å². The molecule has 0 spiro atoms. The Balaban J connectivity index is 2.03. The lowest BCUT2D eigenvalue weighted by atomic mass is 10.0. The van der Waals surface area contributed by atoms with Crippen LogP contribution in [0.25, 0.3) is 0 Å². The van der Waals surface area contributed by atoms with E-state index in [2.05, 4.69) is 11.9 Å². The van der Waals surface area contributed by atoms with Crippen molar-refractivity contribution in [3.8, 4) is 0 Å². The Morgan fingerprint density at radius 3 is 2.65 bits per heavy atom. The zero-order chi connectivity index (χ0) is 12.4. The number of amides is 1. The van der Waals surface area contributed by atoms with Gasteiger partial charge in [-0.3, -0.25) is 4.79 Å². The molecule has 0 saturated carbocycles. The summed E-state index contributed by atoms with van der Waals surface area (Å²) in [4.78, 5) is 16.4. The molecule has 94 valence electrons. The van der Waals surface area contributed by atoms with Crippen LogP contribution in [0.2, 0.25) is 0 Å². The number of nitrogens with zero attached hydrogens (tertiary/aromatic N) is 2. The highest BCUT2D eigenvalue weighted by Gasteiger charge is 2.26. The molecule has 1 aliphatic rings. The molecule has 1 amide bonds. The topological polar surface area (TPSA) is 36.7 Å². The summed E-state index contributed by atoms with van der Waals surface area (Å²) >= 11 is 0. The Bertz CT molecular complexity index is 392. The molecule has 4 nitrogen and oxygen atoms in total. The fourth-order valence-electron chi connectivity index (χ4n) is 2.30. The molecule has 2 heterocycles. The van der Waals surface area contributed by atoms with Gasteiger partial charge in [0, 0.05) is 18.7 Å². The normalized spacial score (nSPS) is 18.3. The lowest BCUT2D eigenvalue weighted by Gasteiger charge is -2.34. The van der Waals surface area contributed by atoms with Crippen LogP contribution in [0.1, 0.15) is 29.0 Å². The molecule has 0 atom stereocenters. The van der Waals surface area contributed by atoms with Gasteiger partial charge in [-0.25, -0.2) is 0 Å². The molecule has 4 heteroatoms. The summed E-state index contributed by atoms with van der Waals surface area (Å²) < 4.78 is 5.26. The first-order chi connectivity index (χ1) is 8.09. The van der Waals surface area contributed by atoms with Gasteiger partial charge >= 0.3 is 0 Å². The van der Waals surface area contributed by atoms with E-state index in [9.17, 15) is 4.79 Å². The van der Waals surface area contributed by atoms with Gasteiger partial charge < -0.3 is 14.2 Å². The fraction of sp³-hybridized carbons (Fsp3) is 0.615. The highest BCUT2D eigenvalue weighted by Crippen LogP contribution is 2.18. The van der Waals surface area contributed by atoms with Gasteiger partial charge in [-0.05, 0) is 46.0 Å². The van der Waals surface area contributed by atoms with Crippen molar-refractivity contribution in [2.24, 2.45) is 0 Å². The Morgan fingerprint density at radius 1 is 1.47 bits per heavy atom. The van der Waals surface area contributed by atoms with E-state index in [4.69, 9.17) is 4.42 Å². The lowest BCUT2D eigenvalue weighted by molar-refractivity contribution is 0.0627. The monoisotopic (exact) mass is 236 g/mol. The number of aryl methyl sites for hydroxylation is 1. The third-order valence-electron chi connectivity index (χ3n) is 3.61. The van der Waals surface area contributed by atoms with E-state index >= 15 is 0 Å². The van der Waals surface area contributed by atoms with Crippen molar-refractivity contribution in [2.45, 2.75) is 25.8 Å². The predicted octanol–water partition coefficient (Wildman–Crippen LogP) is 1.75. The second-order valence-electron chi connectivity index (χ2n) is 4.88. The van der Waals surface area contributed by atoms with Crippen molar-refractivity contribution in [3.63, 3.8) is 0 Å². The summed E-state index contributed by atoms with van der Waals surface area (Å²) in [5.41, 5.74) is 0.912. The number of likely N-dealkylation sites (tertiary alicyclic amines) is 1. The number of furan rings is 1. The van der Waals surface area contributed by atoms with Crippen molar-refractivity contribution in [1.29, 1.82) is 0 Å². The van der Waals surface area contributed by atoms with E-state index in [-0.39, 0.29) is 5.91 Å². The summed E-state index contributed by atoms with van der Waals surface area (Å²) in [5.74, 6) is 0.480. The maximum Gasteiger partial charge on any atom is 0.289 e. The highest BCUT2D eigenvalue weighted by atomic mass is 16.3. The van der Waals surface area contributed by atoms with Gasteiger partial charge in [0.2, 0.25) is 0 Å². The number of piperidine rings is 1. The van der Waals surface area contributed by atoms with Crippen molar-refractivity contribution in [2.75, 3.05) is 27.2 Å². The number of carbonyl (C=O) groups excluding carboxylic acids is 1. The number of hydrogen-bond acceptors (Lipinski definition) is 3. The van der Waals surface area contributed by atoms with Crippen LogP contribution >= 0.6 is 0 Å². The van der Waals surface area contributed by atoms with Crippen LogP contribution in [0.5, 0.6) is 0 Å². The number of rotatable bonds is 2. The van der Waals surface area contributed by atoms with E-state index in [1.54, 1.807) is 6.26 Å². The Kier molecular flexibility index (Phi) is 3.52. The summed E-state index contributed by atoms with van der Waals surface area (Å²) in [6.07, 6.45) is 3.65. The zero-order valence-corrected chi connectivity index (χ0v) is 10.8. The molecule has 1 aliphatic heterocycles. The third-order valence-corrected chi connectivity index (χ3v) is 3.61. The van der Waals surface area contributed by atoms with Gasteiger partial charge in [0.15, 0.2) is 5.76 Å². The van der Waals surface area contributed by atoms with Crippen molar-refractivity contribution in [3.05, 3.63) is 23.7 Å². The second kappa shape index (κ2) is 4.92. The predicted molar refractivity (Wildman–Crippen MR) is 66.1 cm³/mol. The van der Waals surface area contributed by atoms with E-state index in [1.807, 2.05) is 24.9 Å². The summed E-state index contributed by atoms with van der Waals surface area (Å²) in [5, 5.41) is 0. The quantitative estimate of drug-likeness (QED) is 0.785. The maximum absolute atomic E-state index is 12.2. The first-order valence-electron chi connectivity index (χ1n) is 6.09. The van der Waals surface area contributed by atoms with Crippen LogP contribution < -0.4 is 0 Å². The largest absolute Gasteiger partial charge is 0.459 e. The summed E-state index contributed by atoms with van der Waals surface area (Å²) in [6.45, 7) is 4.01. The fourth-order valence-corrected chi connectivity index (χ4v) is 2.30. The van der Waals surface area contributed by atoms with Gasteiger partial charge in [0.05, 0.1) is 6.26 Å². The Labute approximate surface area is 102 Å². The van der Waals surface area contributed by atoms with E-state index in [1.165, 1.54) is 0 Å². The van der Waals surface area contributed by atoms with Crippen molar-refractivity contribution < 1.29 is 9.21 Å². The van der Waals surface area contributed by atoms with Gasteiger partial charge in [0.1, 0.15) is 0 Å². The number of carbonyl (C=O) groups is 1. The van der Waals surface area contributed by atoms with Crippen LogP contribution in [0.15, 0.2) is 16.7 Å². The van der Waals surface area contributed by atoms with Crippen LogP contribution in [0.3, 0.4) is 0 Å². The molecule has 0 radical (unpaired) electrons. The second-order valence-corrected chi connectivity index (χ2v) is 4.88. The molecular formula is C13H20N2O2. The molecule has 1 aromatic heterocycles. The molecule has 17 heavy (non-hydrogen) atoms. The molecule has 2 rings (SSSR count). The minimum Gasteiger partial charge on any atom is -0.459 e. The number of hydrogen-bond donors (Lipinski definition) is 0. The molecule has 0 bridgehead atoms. The van der Waals surface area contributed by atoms with E-state index in [0.29, 0.717) is 11.8 Å². The molecule has 0 unspecified atom stereocenters. The average molecular weight is 236 g/mol. The van der Waals surface area contributed by atoms with Crippen molar-refractivity contribution >= 4 is 5.91 Å². The third kappa shape index (κ3) is 2.52. The standard InChI is InChI=1S/C13H20N2O2/c1-10-6-9-17-12(10)13(16)15(3)11-4-7-14(2)8-5-11/h6,9,11H,4-5,7-8H2,1-3H3. The Hall–Kier alpha value is -1.29. The van der Waals surface area contributed by atoms with Crippen LogP contribution in [0, 0.1) is 6.92 Å². The smallest absolute Gasteiger partial charge is 0.289 e. The molecule has 0 N–H and O–H groups in total. The van der Waals surface area contributed by atoms with Crippen molar-refractivity contribution in [1.82, 2.24) is 9.80 Å². The highest BCUT2D eigenvalue weighted by molar-refractivity contribution is 5.92. The van der Waals surface area contributed by atoms with E-state index < -0.39 is 0 Å². The zero-order valence-electron chi connectivity index (χ0n) is 10.8. The molecule has 1 saturated heterocycles. The van der Waals surface area contributed by atoms with Crippen LogP contribution in [-0.4, -0.2) is 48.9 Å². The van der Waals surface area contributed by atoms with Gasteiger partial charge in [-0.1, -0.05) is 0 Å². The van der Waals surface area contributed by atoms with Crippen LogP contribution in [0.4, 0.5) is 0 Å². The van der Waals surface area contributed by atoms with Gasteiger partial charge in [0.25, 0.3) is 5.91 Å². The lowest BCUT2D eigenvalue weighted by Crippen LogP contribution is -2.44. The molecule has 1 aromatic rings. The van der Waals surface area contributed by atoms with Gasteiger partial charge in [-0.2, -0.15) is 0 Å². The first kappa shape index (κ1) is 12.2. The summed E-state index contributed by atoms with van der Waals surface area (Å²) in [6, 6.07) is 2.17. The van der Waals surface area contributed by atoms with Crippen LogP contribution in [-0.2, 0) is 0 Å². The molecule has 1 fully saturated rings. The average Bonchev–Trinajstić information content (AvgIpc) is 2.74. The first-order valence-corrected chi connectivity index (χ1v) is 6.09. The molecular weight excluding hydrogens is 216 g/mol. The minimum atomic E-state index is 0.00190. The molecule has 0 aliphatic carbocycles. The Morgan fingerprint density at radius 2 is 2.12 bits per heavy atom. The maximum atomic E-state index is 12.2. The molecule has 0 aromatic carbocycles. The minimum absolute atomic E-state index is 0.00190. The van der Waals surface area contributed by atoms with E-state index in [0.717, 1.165) is 31.5 Å². The SMILES string of the molecule is Cc1ccoc1C(=O)N(C)C1CCN(C)CC1.